The molecule has 3 rings (SSSR count). The Kier molecular flexibility index (Phi) is 3.35. The summed E-state index contributed by atoms with van der Waals surface area (Å²) < 4.78 is 8.80. The molecule has 0 saturated heterocycles. The van der Waals surface area contributed by atoms with Crippen LogP contribution in [0.5, 0.6) is 5.75 Å². The largest absolute Gasteiger partial charge is 0.490 e. The first-order valence-electron chi connectivity index (χ1n) is 6.68. The van der Waals surface area contributed by atoms with Crippen LogP contribution in [0.1, 0.15) is 5.69 Å². The Morgan fingerprint density at radius 3 is 2.90 bits per heavy atom. The third-order valence-corrected chi connectivity index (χ3v) is 3.23. The van der Waals surface area contributed by atoms with Crippen LogP contribution >= 0.6 is 0 Å². The topological polar surface area (TPSA) is 74.5 Å². The van der Waals surface area contributed by atoms with Crippen molar-refractivity contribution in [1.29, 1.82) is 0 Å². The molecule has 0 saturated carbocycles. The highest BCUT2D eigenvalue weighted by Crippen LogP contribution is 2.19. The number of hydrogen-bond donors (Lipinski definition) is 1. The highest BCUT2D eigenvalue weighted by Gasteiger charge is 2.05. The lowest BCUT2D eigenvalue weighted by Gasteiger charge is -2.10. The molecule has 0 aliphatic carbocycles. The average Bonchev–Trinajstić information content (AvgIpc) is 2.85. The highest BCUT2D eigenvalue weighted by molar-refractivity contribution is 5.51. The van der Waals surface area contributed by atoms with Gasteiger partial charge in [-0.3, -0.25) is 4.79 Å². The molecule has 0 bridgehead atoms. The zero-order valence-corrected chi connectivity index (χ0v) is 11.7. The van der Waals surface area contributed by atoms with E-state index in [1.54, 1.807) is 33.6 Å². The van der Waals surface area contributed by atoms with Crippen molar-refractivity contribution in [2.75, 3.05) is 12.3 Å². The molecule has 0 aliphatic heterocycles. The van der Waals surface area contributed by atoms with Crippen molar-refractivity contribution in [2.45, 2.75) is 13.5 Å². The molecule has 0 aliphatic rings. The zero-order chi connectivity index (χ0) is 14.8. The lowest BCUT2D eigenvalue weighted by atomic mass is 10.3. The molecule has 0 fully saturated rings. The van der Waals surface area contributed by atoms with Gasteiger partial charge in [0, 0.05) is 12.4 Å². The first-order chi connectivity index (χ1) is 10.1. The van der Waals surface area contributed by atoms with Crippen LogP contribution in [-0.2, 0) is 6.54 Å². The monoisotopic (exact) mass is 284 g/mol. The summed E-state index contributed by atoms with van der Waals surface area (Å²) in [6, 6.07) is 9.07. The molecule has 0 radical (unpaired) electrons. The Morgan fingerprint density at radius 2 is 2.10 bits per heavy atom. The lowest BCUT2D eigenvalue weighted by Crippen LogP contribution is -2.24. The lowest BCUT2D eigenvalue weighted by molar-refractivity contribution is 0.298. The van der Waals surface area contributed by atoms with Gasteiger partial charge in [0.2, 0.25) is 0 Å². The van der Waals surface area contributed by atoms with Gasteiger partial charge in [0.25, 0.3) is 5.56 Å². The van der Waals surface area contributed by atoms with E-state index >= 15 is 0 Å². The van der Waals surface area contributed by atoms with Crippen molar-refractivity contribution < 1.29 is 4.74 Å². The average molecular weight is 284 g/mol. The predicted octanol–water partition coefficient (Wildman–Crippen LogP) is 1.47. The second-order valence-electron chi connectivity index (χ2n) is 4.80. The highest BCUT2D eigenvalue weighted by atomic mass is 16.5. The van der Waals surface area contributed by atoms with Gasteiger partial charge in [-0.05, 0) is 25.1 Å². The number of benzene rings is 1. The first-order valence-corrected chi connectivity index (χ1v) is 6.68. The first kappa shape index (κ1) is 13.2. The third kappa shape index (κ3) is 2.60. The molecule has 6 nitrogen and oxygen atoms in total. The van der Waals surface area contributed by atoms with Crippen LogP contribution in [-0.4, -0.2) is 20.8 Å². The van der Waals surface area contributed by atoms with Gasteiger partial charge in [-0.2, -0.15) is 5.10 Å². The SMILES string of the molecule is Cc1cc2c(=O)n(CCOc3ccccc3N)ccn2n1. The molecule has 108 valence electrons. The van der Waals surface area contributed by atoms with E-state index in [9.17, 15) is 4.79 Å². The summed E-state index contributed by atoms with van der Waals surface area (Å²) >= 11 is 0. The van der Waals surface area contributed by atoms with Gasteiger partial charge >= 0.3 is 0 Å². The Hall–Kier alpha value is -2.76. The van der Waals surface area contributed by atoms with E-state index in [0.29, 0.717) is 30.1 Å². The van der Waals surface area contributed by atoms with Gasteiger partial charge in [0.05, 0.1) is 17.9 Å². The van der Waals surface area contributed by atoms with Gasteiger partial charge < -0.3 is 15.0 Å². The summed E-state index contributed by atoms with van der Waals surface area (Å²) in [4.78, 5) is 12.3. The molecule has 6 heteroatoms. The van der Waals surface area contributed by atoms with Crippen LogP contribution in [0.2, 0.25) is 0 Å². The molecule has 3 aromatic rings. The van der Waals surface area contributed by atoms with Crippen molar-refractivity contribution in [2.24, 2.45) is 0 Å². The fourth-order valence-electron chi connectivity index (χ4n) is 2.19. The smallest absolute Gasteiger partial charge is 0.276 e. The van der Waals surface area contributed by atoms with E-state index in [1.165, 1.54) is 0 Å². The molecule has 0 unspecified atom stereocenters. The Morgan fingerprint density at radius 1 is 1.29 bits per heavy atom. The standard InChI is InChI=1S/C15H16N4O2/c1-11-10-13-15(20)18(6-7-19(13)17-11)8-9-21-14-5-3-2-4-12(14)16/h2-7,10H,8-9,16H2,1H3. The molecule has 21 heavy (non-hydrogen) atoms. The van der Waals surface area contributed by atoms with Crippen LogP contribution in [0.15, 0.2) is 47.5 Å². The number of ether oxygens (including phenoxy) is 1. The van der Waals surface area contributed by atoms with Crippen LogP contribution in [0, 0.1) is 6.92 Å². The van der Waals surface area contributed by atoms with Crippen molar-refractivity contribution in [3.63, 3.8) is 0 Å². The molecule has 1 aromatic carbocycles. The number of nitrogens with two attached hydrogens (primary N) is 1. The van der Waals surface area contributed by atoms with Gasteiger partial charge in [-0.15, -0.1) is 0 Å². The number of anilines is 1. The summed E-state index contributed by atoms with van der Waals surface area (Å²) in [7, 11) is 0. The van der Waals surface area contributed by atoms with E-state index in [2.05, 4.69) is 5.10 Å². The minimum atomic E-state index is -0.0808. The minimum Gasteiger partial charge on any atom is -0.490 e. The van der Waals surface area contributed by atoms with Crippen molar-refractivity contribution >= 4 is 11.2 Å². The minimum absolute atomic E-state index is 0.0808. The molecule has 0 spiro atoms. The van der Waals surface area contributed by atoms with Crippen molar-refractivity contribution in [1.82, 2.24) is 14.2 Å². The molecule has 2 heterocycles. The summed E-state index contributed by atoms with van der Waals surface area (Å²) in [5.41, 5.74) is 7.69. The van der Waals surface area contributed by atoms with Crippen LogP contribution in [0.3, 0.4) is 0 Å². The molecular formula is C15H16N4O2. The van der Waals surface area contributed by atoms with Gasteiger partial charge in [0.1, 0.15) is 17.9 Å². The van der Waals surface area contributed by atoms with E-state index in [1.807, 2.05) is 25.1 Å². The molecule has 0 atom stereocenters. The van der Waals surface area contributed by atoms with Crippen LogP contribution in [0.25, 0.3) is 5.52 Å². The summed E-state index contributed by atoms with van der Waals surface area (Å²) in [5.74, 6) is 0.631. The number of nitrogen functional groups attached to an aromatic ring is 1. The second kappa shape index (κ2) is 5.32. The maximum atomic E-state index is 12.3. The summed E-state index contributed by atoms with van der Waals surface area (Å²) in [6.07, 6.45) is 3.47. The molecule has 0 amide bonds. The maximum absolute atomic E-state index is 12.3. The molecule has 2 N–H and O–H groups in total. The van der Waals surface area contributed by atoms with Crippen LogP contribution in [0.4, 0.5) is 5.69 Å². The predicted molar refractivity (Wildman–Crippen MR) is 80.5 cm³/mol. The van der Waals surface area contributed by atoms with Gasteiger partial charge in [-0.1, -0.05) is 12.1 Å². The number of hydrogen-bond acceptors (Lipinski definition) is 4. The summed E-state index contributed by atoms with van der Waals surface area (Å²) in [6.45, 7) is 2.68. The molecular weight excluding hydrogens is 268 g/mol. The van der Waals surface area contributed by atoms with Gasteiger partial charge in [0.15, 0.2) is 0 Å². The Balaban J connectivity index is 1.75. The van der Waals surface area contributed by atoms with E-state index < -0.39 is 0 Å². The number of aryl methyl sites for hydroxylation is 1. The second-order valence-corrected chi connectivity index (χ2v) is 4.80. The van der Waals surface area contributed by atoms with E-state index in [-0.39, 0.29) is 5.56 Å². The van der Waals surface area contributed by atoms with Crippen molar-refractivity contribution in [3.8, 4) is 5.75 Å². The number of fused-ring (bicyclic) bond motifs is 1. The summed E-state index contributed by atoms with van der Waals surface area (Å²) in [5, 5.41) is 4.21. The normalized spacial score (nSPS) is 10.9. The van der Waals surface area contributed by atoms with Gasteiger partial charge in [-0.25, -0.2) is 4.52 Å². The maximum Gasteiger partial charge on any atom is 0.276 e. The fourth-order valence-corrected chi connectivity index (χ4v) is 2.19. The van der Waals surface area contributed by atoms with E-state index in [4.69, 9.17) is 10.5 Å². The number of nitrogens with zero attached hydrogens (tertiary/aromatic N) is 3. The Bertz CT molecular complexity index is 835. The quantitative estimate of drug-likeness (QED) is 0.736. The zero-order valence-electron chi connectivity index (χ0n) is 11.7. The Labute approximate surface area is 121 Å². The van der Waals surface area contributed by atoms with Crippen molar-refractivity contribution in [3.05, 3.63) is 58.8 Å². The molecule has 2 aromatic heterocycles. The van der Waals surface area contributed by atoms with E-state index in [0.717, 1.165) is 5.69 Å². The number of rotatable bonds is 4. The number of aromatic nitrogens is 3. The number of para-hydroxylation sites is 2. The third-order valence-electron chi connectivity index (χ3n) is 3.23. The van der Waals surface area contributed by atoms with Crippen LogP contribution < -0.4 is 16.0 Å². The fraction of sp³-hybridized carbons (Fsp3) is 0.200.